The average Bonchev–Trinajstić information content (AvgIpc) is 2.37. The lowest BCUT2D eigenvalue weighted by molar-refractivity contribution is -0.137. The van der Waals surface area contributed by atoms with Gasteiger partial charge in [0.05, 0.1) is 5.56 Å². The number of halogens is 3. The van der Waals surface area contributed by atoms with Crippen molar-refractivity contribution in [2.24, 2.45) is 5.73 Å². The molecule has 3 rings (SSSR count). The lowest BCUT2D eigenvalue weighted by Gasteiger charge is -2.50. The molecule has 2 heterocycles. The number of anilines is 1. The number of hydrogen-bond donors (Lipinski definition) is 1. The van der Waals surface area contributed by atoms with Gasteiger partial charge in [-0.05, 0) is 56.7 Å². The van der Waals surface area contributed by atoms with Crippen LogP contribution in [0.5, 0.6) is 0 Å². The SMILES string of the molecule is Cc1ccc(C(F)(F)F)cc1N1C2CCCC1CC(N)C2. The van der Waals surface area contributed by atoms with Gasteiger partial charge in [0.25, 0.3) is 0 Å². The molecule has 1 aromatic rings. The minimum atomic E-state index is -4.29. The van der Waals surface area contributed by atoms with E-state index < -0.39 is 11.7 Å². The van der Waals surface area contributed by atoms with E-state index in [1.165, 1.54) is 12.1 Å². The number of hydrogen-bond acceptors (Lipinski definition) is 2. The molecule has 0 amide bonds. The maximum Gasteiger partial charge on any atom is 0.416 e. The molecule has 2 saturated heterocycles. The fourth-order valence-corrected chi connectivity index (χ4v) is 3.88. The Bertz CT molecular complexity index is 513. The van der Waals surface area contributed by atoms with Crippen molar-refractivity contribution in [2.45, 2.75) is 63.3 Å². The van der Waals surface area contributed by atoms with Crippen molar-refractivity contribution >= 4 is 5.69 Å². The molecule has 0 saturated carbocycles. The van der Waals surface area contributed by atoms with Crippen LogP contribution < -0.4 is 10.6 Å². The summed E-state index contributed by atoms with van der Waals surface area (Å²) in [4.78, 5) is 2.22. The molecule has 2 aliphatic rings. The van der Waals surface area contributed by atoms with Gasteiger partial charge in [0.15, 0.2) is 0 Å². The number of nitrogens with zero attached hydrogens (tertiary/aromatic N) is 1. The monoisotopic (exact) mass is 298 g/mol. The van der Waals surface area contributed by atoms with Crippen molar-refractivity contribution in [3.05, 3.63) is 29.3 Å². The summed E-state index contributed by atoms with van der Waals surface area (Å²) >= 11 is 0. The third-order valence-electron chi connectivity index (χ3n) is 4.83. The molecular weight excluding hydrogens is 277 g/mol. The van der Waals surface area contributed by atoms with Crippen LogP contribution in [0.1, 0.15) is 43.2 Å². The Hall–Kier alpha value is -1.23. The Balaban J connectivity index is 1.99. The second-order valence-electron chi connectivity index (χ2n) is 6.38. The van der Waals surface area contributed by atoms with Crippen molar-refractivity contribution in [1.29, 1.82) is 0 Å². The first-order valence-corrected chi connectivity index (χ1v) is 7.58. The van der Waals surface area contributed by atoms with Gasteiger partial charge in [-0.2, -0.15) is 13.2 Å². The second-order valence-corrected chi connectivity index (χ2v) is 6.38. The number of nitrogens with two attached hydrogens (primary N) is 1. The molecule has 116 valence electrons. The topological polar surface area (TPSA) is 29.3 Å². The number of benzene rings is 1. The molecule has 2 fully saturated rings. The lowest BCUT2D eigenvalue weighted by Crippen LogP contribution is -2.55. The summed E-state index contributed by atoms with van der Waals surface area (Å²) in [5.74, 6) is 0. The van der Waals surface area contributed by atoms with E-state index in [0.29, 0.717) is 0 Å². The van der Waals surface area contributed by atoms with Crippen LogP contribution in [-0.4, -0.2) is 18.1 Å². The van der Waals surface area contributed by atoms with E-state index in [0.717, 1.165) is 43.4 Å². The summed E-state index contributed by atoms with van der Waals surface area (Å²) in [5.41, 5.74) is 7.19. The number of fused-ring (bicyclic) bond motifs is 2. The van der Waals surface area contributed by atoms with Crippen molar-refractivity contribution in [3.8, 4) is 0 Å². The normalized spacial score (nSPS) is 29.6. The van der Waals surface area contributed by atoms with Crippen molar-refractivity contribution in [1.82, 2.24) is 0 Å². The van der Waals surface area contributed by atoms with Gasteiger partial charge in [0.1, 0.15) is 0 Å². The van der Waals surface area contributed by atoms with Gasteiger partial charge in [-0.1, -0.05) is 6.07 Å². The van der Waals surface area contributed by atoms with E-state index in [-0.39, 0.29) is 18.1 Å². The van der Waals surface area contributed by atoms with Crippen LogP contribution in [-0.2, 0) is 6.18 Å². The minimum Gasteiger partial charge on any atom is -0.365 e. The molecule has 21 heavy (non-hydrogen) atoms. The van der Waals surface area contributed by atoms with Gasteiger partial charge < -0.3 is 10.6 Å². The molecule has 5 heteroatoms. The molecule has 1 aromatic carbocycles. The first-order valence-electron chi connectivity index (χ1n) is 7.58. The molecule has 2 N–H and O–H groups in total. The molecule has 0 radical (unpaired) electrons. The fraction of sp³-hybridized carbons (Fsp3) is 0.625. The van der Waals surface area contributed by atoms with E-state index in [1.54, 1.807) is 6.07 Å². The standard InChI is InChI=1S/C16H21F3N2/c1-10-5-6-11(16(17,18)19)7-15(10)21-13-3-2-4-14(21)9-12(20)8-13/h5-7,12-14H,2-4,8-9,20H2,1H3. The summed E-state index contributed by atoms with van der Waals surface area (Å²) in [7, 11) is 0. The van der Waals surface area contributed by atoms with Crippen LogP contribution in [0.2, 0.25) is 0 Å². The molecule has 2 unspecified atom stereocenters. The Labute approximate surface area is 123 Å². The Morgan fingerprint density at radius 1 is 1.14 bits per heavy atom. The van der Waals surface area contributed by atoms with Crippen molar-refractivity contribution in [2.75, 3.05) is 4.90 Å². The quantitative estimate of drug-likeness (QED) is 0.853. The highest BCUT2D eigenvalue weighted by atomic mass is 19.4. The van der Waals surface area contributed by atoms with Crippen LogP contribution >= 0.6 is 0 Å². The zero-order valence-electron chi connectivity index (χ0n) is 12.2. The van der Waals surface area contributed by atoms with Gasteiger partial charge in [0, 0.05) is 23.8 Å². The van der Waals surface area contributed by atoms with Gasteiger partial charge in [-0.25, -0.2) is 0 Å². The summed E-state index contributed by atoms with van der Waals surface area (Å²) in [5, 5.41) is 0. The molecular formula is C16H21F3N2. The molecule has 2 aliphatic heterocycles. The minimum absolute atomic E-state index is 0.183. The van der Waals surface area contributed by atoms with Gasteiger partial charge in [0.2, 0.25) is 0 Å². The van der Waals surface area contributed by atoms with Crippen LogP contribution in [0.3, 0.4) is 0 Å². The largest absolute Gasteiger partial charge is 0.416 e. The maximum absolute atomic E-state index is 13.0. The predicted molar refractivity (Wildman–Crippen MR) is 77.3 cm³/mol. The predicted octanol–water partition coefficient (Wildman–Crippen LogP) is 3.86. The molecule has 2 nitrogen and oxygen atoms in total. The van der Waals surface area contributed by atoms with Crippen molar-refractivity contribution < 1.29 is 13.2 Å². The highest BCUT2D eigenvalue weighted by Crippen LogP contribution is 2.40. The summed E-state index contributed by atoms with van der Waals surface area (Å²) < 4.78 is 38.9. The Morgan fingerprint density at radius 3 is 2.33 bits per heavy atom. The molecule has 2 atom stereocenters. The van der Waals surface area contributed by atoms with Gasteiger partial charge in [-0.15, -0.1) is 0 Å². The molecule has 0 spiro atoms. The number of rotatable bonds is 1. The number of piperidine rings is 2. The average molecular weight is 298 g/mol. The number of alkyl halides is 3. The third kappa shape index (κ3) is 2.76. The smallest absolute Gasteiger partial charge is 0.365 e. The molecule has 2 bridgehead atoms. The van der Waals surface area contributed by atoms with Crippen LogP contribution in [0, 0.1) is 6.92 Å². The second kappa shape index (κ2) is 5.20. The first kappa shape index (κ1) is 14.7. The Kier molecular flexibility index (Phi) is 3.64. The summed E-state index contributed by atoms with van der Waals surface area (Å²) in [6, 6.07) is 4.83. The number of aryl methyl sites for hydroxylation is 1. The van der Waals surface area contributed by atoms with E-state index in [9.17, 15) is 13.2 Å². The molecule has 0 aliphatic carbocycles. The Morgan fingerprint density at radius 2 is 1.76 bits per heavy atom. The van der Waals surface area contributed by atoms with E-state index in [2.05, 4.69) is 4.90 Å². The van der Waals surface area contributed by atoms with Gasteiger partial charge in [-0.3, -0.25) is 0 Å². The summed E-state index contributed by atoms with van der Waals surface area (Å²) in [6.07, 6.45) is 0.679. The summed E-state index contributed by atoms with van der Waals surface area (Å²) in [6.45, 7) is 1.89. The fourth-order valence-electron chi connectivity index (χ4n) is 3.88. The lowest BCUT2D eigenvalue weighted by atomic mass is 9.81. The third-order valence-corrected chi connectivity index (χ3v) is 4.83. The van der Waals surface area contributed by atoms with Crippen LogP contribution in [0.15, 0.2) is 18.2 Å². The highest BCUT2D eigenvalue weighted by molar-refractivity contribution is 5.58. The van der Waals surface area contributed by atoms with Crippen LogP contribution in [0.4, 0.5) is 18.9 Å². The molecule has 0 aromatic heterocycles. The van der Waals surface area contributed by atoms with Crippen LogP contribution in [0.25, 0.3) is 0 Å². The highest BCUT2D eigenvalue weighted by Gasteiger charge is 2.39. The maximum atomic E-state index is 13.0. The zero-order chi connectivity index (χ0) is 15.2. The zero-order valence-corrected chi connectivity index (χ0v) is 12.2. The van der Waals surface area contributed by atoms with Crippen molar-refractivity contribution in [3.63, 3.8) is 0 Å². The van der Waals surface area contributed by atoms with E-state index >= 15 is 0 Å². The van der Waals surface area contributed by atoms with E-state index in [4.69, 9.17) is 5.73 Å². The van der Waals surface area contributed by atoms with E-state index in [1.807, 2.05) is 6.92 Å². The first-order chi connectivity index (χ1) is 9.86. The van der Waals surface area contributed by atoms with Gasteiger partial charge >= 0.3 is 6.18 Å².